The molecule has 1 aliphatic heterocycles. The zero-order chi connectivity index (χ0) is 18.6. The molecule has 1 aliphatic rings. The van der Waals surface area contributed by atoms with Crippen molar-refractivity contribution in [3.8, 4) is 0 Å². The van der Waals surface area contributed by atoms with Gasteiger partial charge in [-0.1, -0.05) is 17.7 Å². The number of nitrogens with zero attached hydrogens (tertiary/aromatic N) is 3. The lowest BCUT2D eigenvalue weighted by Crippen LogP contribution is -2.34. The van der Waals surface area contributed by atoms with Gasteiger partial charge in [0.25, 0.3) is 5.91 Å². The summed E-state index contributed by atoms with van der Waals surface area (Å²) in [5, 5.41) is 14.4. The number of imidazole rings is 1. The van der Waals surface area contributed by atoms with Crippen LogP contribution in [-0.2, 0) is 13.1 Å². The highest BCUT2D eigenvalue weighted by atomic mass is 16.2. The molecule has 1 unspecified atom stereocenters. The summed E-state index contributed by atoms with van der Waals surface area (Å²) in [7, 11) is 0. The number of aromatic nitrogens is 5. The molecule has 0 aliphatic carbocycles. The number of aryl methyl sites for hydroxylation is 1. The van der Waals surface area contributed by atoms with Gasteiger partial charge in [-0.15, -0.1) is 5.10 Å². The Labute approximate surface area is 155 Å². The molecule has 0 spiro atoms. The van der Waals surface area contributed by atoms with E-state index in [-0.39, 0.29) is 11.6 Å². The molecule has 0 radical (unpaired) electrons. The fourth-order valence-electron chi connectivity index (χ4n) is 3.43. The SMILES string of the molecule is O=C(NCc1ccc2[nH]c(=O)[nH]c2c1)c1cn(CCC2CCCCN2)nn1. The number of hydrogen-bond donors (Lipinski definition) is 4. The Morgan fingerprint density at radius 3 is 3.00 bits per heavy atom. The van der Waals surface area contributed by atoms with Crippen LogP contribution in [0.15, 0.2) is 29.2 Å². The monoisotopic (exact) mass is 369 g/mol. The Kier molecular flexibility index (Phi) is 5.01. The van der Waals surface area contributed by atoms with Crippen LogP contribution in [-0.4, -0.2) is 43.5 Å². The minimum Gasteiger partial charge on any atom is -0.347 e. The van der Waals surface area contributed by atoms with Crippen LogP contribution in [0, 0.1) is 0 Å². The molecule has 3 aromatic rings. The predicted octanol–water partition coefficient (Wildman–Crippen LogP) is 0.910. The summed E-state index contributed by atoms with van der Waals surface area (Å²) in [4.78, 5) is 29.0. The van der Waals surface area contributed by atoms with Gasteiger partial charge in [0.05, 0.1) is 17.2 Å². The van der Waals surface area contributed by atoms with Crippen molar-refractivity contribution in [3.63, 3.8) is 0 Å². The molecule has 0 bridgehead atoms. The van der Waals surface area contributed by atoms with Gasteiger partial charge in [-0.2, -0.15) is 0 Å². The number of piperidine rings is 1. The minimum absolute atomic E-state index is 0.244. The number of rotatable bonds is 6. The summed E-state index contributed by atoms with van der Waals surface area (Å²) in [5.41, 5.74) is 2.41. The topological polar surface area (TPSA) is 120 Å². The van der Waals surface area contributed by atoms with Crippen molar-refractivity contribution >= 4 is 16.9 Å². The summed E-state index contributed by atoms with van der Waals surface area (Å²) in [6.45, 7) is 2.18. The average Bonchev–Trinajstić information content (AvgIpc) is 3.30. The van der Waals surface area contributed by atoms with Gasteiger partial charge in [-0.25, -0.2) is 4.79 Å². The van der Waals surface area contributed by atoms with E-state index < -0.39 is 0 Å². The van der Waals surface area contributed by atoms with Crippen LogP contribution in [0.5, 0.6) is 0 Å². The zero-order valence-electron chi connectivity index (χ0n) is 15.0. The van der Waals surface area contributed by atoms with Crippen molar-refractivity contribution in [2.24, 2.45) is 0 Å². The van der Waals surface area contributed by atoms with Crippen LogP contribution in [0.2, 0.25) is 0 Å². The fraction of sp³-hybridized carbons (Fsp3) is 0.444. The molecule has 9 heteroatoms. The number of aromatic amines is 2. The quantitative estimate of drug-likeness (QED) is 0.515. The lowest BCUT2D eigenvalue weighted by Gasteiger charge is -2.23. The summed E-state index contributed by atoms with van der Waals surface area (Å²) in [5.74, 6) is -0.264. The molecule has 27 heavy (non-hydrogen) atoms. The largest absolute Gasteiger partial charge is 0.347 e. The Bertz CT molecular complexity index is 981. The van der Waals surface area contributed by atoms with E-state index in [1.807, 2.05) is 18.2 Å². The molecule has 9 nitrogen and oxygen atoms in total. The number of carbonyl (C=O) groups excluding carboxylic acids is 1. The first kappa shape index (κ1) is 17.5. The Morgan fingerprint density at radius 2 is 2.15 bits per heavy atom. The van der Waals surface area contributed by atoms with E-state index >= 15 is 0 Å². The van der Waals surface area contributed by atoms with Crippen molar-refractivity contribution in [2.45, 2.75) is 44.8 Å². The maximum Gasteiger partial charge on any atom is 0.323 e. The second kappa shape index (κ2) is 7.75. The van der Waals surface area contributed by atoms with Gasteiger partial charge in [0, 0.05) is 19.1 Å². The molecule has 0 saturated carbocycles. The maximum absolute atomic E-state index is 12.3. The number of fused-ring (bicyclic) bond motifs is 1. The van der Waals surface area contributed by atoms with Gasteiger partial charge < -0.3 is 20.6 Å². The summed E-state index contributed by atoms with van der Waals surface area (Å²) in [6, 6.07) is 6.03. The van der Waals surface area contributed by atoms with Gasteiger partial charge in [0.1, 0.15) is 0 Å². The number of carbonyl (C=O) groups is 1. The molecule has 3 heterocycles. The number of hydrogen-bond acceptors (Lipinski definition) is 5. The predicted molar refractivity (Wildman–Crippen MR) is 100 cm³/mol. The number of H-pyrrole nitrogens is 2. The second-order valence-electron chi connectivity index (χ2n) is 6.94. The van der Waals surface area contributed by atoms with Crippen LogP contribution in [0.4, 0.5) is 0 Å². The summed E-state index contributed by atoms with van der Waals surface area (Å²) in [6.07, 6.45) is 6.38. The smallest absolute Gasteiger partial charge is 0.323 e. The Morgan fingerprint density at radius 1 is 1.26 bits per heavy atom. The standard InChI is InChI=1S/C18H23N7O2/c26-17(20-10-12-4-5-14-15(9-12)22-18(27)21-14)16-11-25(24-23-16)8-6-13-3-1-2-7-19-13/h4-5,9,11,13,19H,1-3,6-8,10H2,(H,20,26)(H2,21,22,27). The van der Waals surface area contributed by atoms with Crippen molar-refractivity contribution < 1.29 is 4.79 Å². The first-order valence-electron chi connectivity index (χ1n) is 9.30. The summed E-state index contributed by atoms with van der Waals surface area (Å²) >= 11 is 0. The number of nitrogens with one attached hydrogen (secondary N) is 4. The molecule has 1 amide bonds. The first-order valence-corrected chi connectivity index (χ1v) is 9.30. The third-order valence-corrected chi connectivity index (χ3v) is 4.92. The van der Waals surface area contributed by atoms with Crippen molar-refractivity contribution in [1.29, 1.82) is 0 Å². The van der Waals surface area contributed by atoms with Crippen molar-refractivity contribution in [1.82, 2.24) is 35.6 Å². The highest BCUT2D eigenvalue weighted by Gasteiger charge is 2.14. The number of benzene rings is 1. The zero-order valence-corrected chi connectivity index (χ0v) is 15.0. The van der Waals surface area contributed by atoms with Crippen molar-refractivity contribution in [2.75, 3.05) is 6.54 Å². The molecule has 1 atom stereocenters. The third kappa shape index (κ3) is 4.25. The maximum atomic E-state index is 12.3. The van der Waals surface area contributed by atoms with Gasteiger partial charge in [-0.05, 0) is 43.5 Å². The third-order valence-electron chi connectivity index (χ3n) is 4.92. The van der Waals surface area contributed by atoms with E-state index in [4.69, 9.17) is 0 Å². The normalized spacial score (nSPS) is 17.3. The Balaban J connectivity index is 1.31. The highest BCUT2D eigenvalue weighted by Crippen LogP contribution is 2.11. The van der Waals surface area contributed by atoms with Gasteiger partial charge in [0.2, 0.25) is 0 Å². The van der Waals surface area contributed by atoms with E-state index in [1.165, 1.54) is 19.3 Å². The lowest BCUT2D eigenvalue weighted by atomic mass is 10.0. The second-order valence-corrected chi connectivity index (χ2v) is 6.94. The first-order chi connectivity index (χ1) is 13.2. The van der Waals surface area contributed by atoms with Gasteiger partial charge in [-0.3, -0.25) is 9.48 Å². The van der Waals surface area contributed by atoms with Crippen LogP contribution in [0.1, 0.15) is 41.7 Å². The summed E-state index contributed by atoms with van der Waals surface area (Å²) < 4.78 is 1.72. The molecule has 4 N–H and O–H groups in total. The lowest BCUT2D eigenvalue weighted by molar-refractivity contribution is 0.0946. The molecule has 4 rings (SSSR count). The molecule has 1 saturated heterocycles. The molecule has 1 aromatic carbocycles. The highest BCUT2D eigenvalue weighted by molar-refractivity contribution is 5.91. The molecular formula is C18H23N7O2. The van der Waals surface area contributed by atoms with Crippen LogP contribution in [0.25, 0.3) is 11.0 Å². The van der Waals surface area contributed by atoms with E-state index in [2.05, 4.69) is 30.9 Å². The number of amides is 1. The minimum atomic E-state index is -0.264. The molecule has 2 aromatic heterocycles. The Hall–Kier alpha value is -2.94. The molecule has 1 fully saturated rings. The van der Waals surface area contributed by atoms with Crippen LogP contribution >= 0.6 is 0 Å². The van der Waals surface area contributed by atoms with Crippen LogP contribution < -0.4 is 16.3 Å². The fourth-order valence-corrected chi connectivity index (χ4v) is 3.43. The van der Waals surface area contributed by atoms with Gasteiger partial charge >= 0.3 is 5.69 Å². The van der Waals surface area contributed by atoms with Crippen molar-refractivity contribution in [3.05, 3.63) is 46.1 Å². The van der Waals surface area contributed by atoms with E-state index in [9.17, 15) is 9.59 Å². The van der Waals surface area contributed by atoms with E-state index in [0.29, 0.717) is 23.8 Å². The molecule has 142 valence electrons. The average molecular weight is 369 g/mol. The molecular weight excluding hydrogens is 346 g/mol. The van der Waals surface area contributed by atoms with Crippen LogP contribution in [0.3, 0.4) is 0 Å². The van der Waals surface area contributed by atoms with E-state index in [0.717, 1.165) is 30.6 Å². The van der Waals surface area contributed by atoms with Gasteiger partial charge in [0.15, 0.2) is 5.69 Å². The van der Waals surface area contributed by atoms with E-state index in [1.54, 1.807) is 10.9 Å².